The Morgan fingerprint density at radius 2 is 0.978 bits per heavy atom. The van der Waals surface area contributed by atoms with E-state index in [0.717, 1.165) is 32.6 Å². The van der Waals surface area contributed by atoms with Gasteiger partial charge < -0.3 is 35.9 Å². The van der Waals surface area contributed by atoms with E-state index in [0.29, 0.717) is 26.6 Å². The van der Waals surface area contributed by atoms with Crippen LogP contribution in [-0.2, 0) is 32.5 Å². The molecule has 1 unspecified atom stereocenters. The molecule has 0 aromatic carbocycles. The smallest absolute Gasteiger partial charge is 0.243 e. The third-order valence-electron chi connectivity index (χ3n) is 8.59. The molecule has 0 fully saturated rings. The third kappa shape index (κ3) is 31.9. The number of aryl methyl sites for hydroxylation is 1. The van der Waals surface area contributed by atoms with E-state index in [4.69, 9.17) is 18.9 Å². The minimum atomic E-state index is -0.0212. The van der Waals surface area contributed by atoms with E-state index >= 15 is 0 Å². The average molecular weight is 704 g/mol. The van der Waals surface area contributed by atoms with Crippen molar-refractivity contribution in [1.29, 1.82) is 0 Å². The topological polar surface area (TPSA) is 45.7 Å². The van der Waals surface area contributed by atoms with Crippen LogP contribution in [0.5, 0.6) is 0 Å². The Morgan fingerprint density at radius 3 is 1.44 bits per heavy atom. The highest BCUT2D eigenvalue weighted by Crippen LogP contribution is 2.13. The minimum Gasteiger partial charge on any atom is -1.00 e. The van der Waals surface area contributed by atoms with Crippen LogP contribution in [-0.4, -0.2) is 50.5 Å². The molecule has 0 bridgehead atoms. The van der Waals surface area contributed by atoms with Crippen molar-refractivity contribution < 1.29 is 40.5 Å². The summed E-state index contributed by atoms with van der Waals surface area (Å²) in [5, 5.41) is 0. The summed E-state index contributed by atoms with van der Waals surface area (Å²) in [7, 11) is 2.03. The van der Waals surface area contributed by atoms with Gasteiger partial charge in [-0.1, -0.05) is 155 Å². The zero-order valence-electron chi connectivity index (χ0n) is 30.1. The van der Waals surface area contributed by atoms with Gasteiger partial charge in [0.2, 0.25) is 6.33 Å². The van der Waals surface area contributed by atoms with Crippen molar-refractivity contribution in [2.75, 3.05) is 39.8 Å². The highest BCUT2D eigenvalue weighted by molar-refractivity contribution is 4.65. The Morgan fingerprint density at radius 1 is 0.533 bits per heavy atom. The first-order chi connectivity index (χ1) is 21.8. The molecule has 7 heteroatoms. The number of rotatable bonds is 36. The van der Waals surface area contributed by atoms with Gasteiger partial charge in [-0.05, 0) is 12.8 Å². The second-order valence-corrected chi connectivity index (χ2v) is 13.1. The summed E-state index contributed by atoms with van der Waals surface area (Å²) in [6, 6.07) is 0. The molecule has 0 N–H and O–H groups in total. The van der Waals surface area contributed by atoms with E-state index in [1.165, 1.54) is 141 Å². The maximum Gasteiger partial charge on any atom is 0.243 e. The van der Waals surface area contributed by atoms with Crippen molar-refractivity contribution in [3.8, 4) is 0 Å². The molecule has 268 valence electrons. The molecule has 0 aliphatic carbocycles. The van der Waals surface area contributed by atoms with Crippen molar-refractivity contribution in [3.63, 3.8) is 0 Å². The van der Waals surface area contributed by atoms with Gasteiger partial charge in [0, 0.05) is 13.2 Å². The Kier molecular flexibility index (Phi) is 36.0. The number of imidazole rings is 1. The van der Waals surface area contributed by atoms with Crippen LogP contribution in [0.3, 0.4) is 0 Å². The molecule has 1 atom stereocenters. The maximum atomic E-state index is 6.21. The number of hydrogen-bond acceptors (Lipinski definition) is 4. The van der Waals surface area contributed by atoms with Crippen LogP contribution in [0, 0.1) is 0 Å². The number of aromatic nitrogens is 2. The van der Waals surface area contributed by atoms with E-state index in [-0.39, 0.29) is 23.1 Å². The van der Waals surface area contributed by atoms with E-state index < -0.39 is 0 Å². The lowest BCUT2D eigenvalue weighted by Gasteiger charge is -2.18. The molecule has 1 aromatic heterocycles. The highest BCUT2D eigenvalue weighted by Gasteiger charge is 2.10. The molecule has 1 aromatic rings. The van der Waals surface area contributed by atoms with E-state index in [1.54, 1.807) is 0 Å². The number of nitrogens with zero attached hydrogens (tertiary/aromatic N) is 2. The molecule has 0 amide bonds. The van der Waals surface area contributed by atoms with Gasteiger partial charge in [-0.3, -0.25) is 0 Å². The molecule has 0 spiro atoms. The summed E-state index contributed by atoms with van der Waals surface area (Å²) in [6.45, 7) is 9.07. The summed E-state index contributed by atoms with van der Waals surface area (Å²) in [5.41, 5.74) is 0. The van der Waals surface area contributed by atoms with Crippen molar-refractivity contribution >= 4 is 0 Å². The average Bonchev–Trinajstić information content (AvgIpc) is 3.45. The minimum absolute atomic E-state index is 0. The van der Waals surface area contributed by atoms with Gasteiger partial charge in [-0.15, -0.1) is 0 Å². The Balaban J connectivity index is 0.0000194. The fourth-order valence-electron chi connectivity index (χ4n) is 5.70. The molecule has 0 saturated heterocycles. The van der Waals surface area contributed by atoms with Gasteiger partial charge in [0.25, 0.3) is 0 Å². The van der Waals surface area contributed by atoms with Gasteiger partial charge in [0.15, 0.2) is 0 Å². The molecule has 6 nitrogen and oxygen atoms in total. The zero-order chi connectivity index (χ0) is 31.6. The van der Waals surface area contributed by atoms with Crippen LogP contribution >= 0.6 is 0 Å². The Bertz CT molecular complexity index is 690. The molecule has 0 radical (unpaired) electrons. The fourth-order valence-corrected chi connectivity index (χ4v) is 5.70. The number of hydrogen-bond donors (Lipinski definition) is 0. The zero-order valence-corrected chi connectivity index (χ0v) is 31.7. The predicted molar refractivity (Wildman–Crippen MR) is 185 cm³/mol. The summed E-state index contributed by atoms with van der Waals surface area (Å²) >= 11 is 0. The van der Waals surface area contributed by atoms with Gasteiger partial charge in [0.1, 0.15) is 31.8 Å². The highest BCUT2D eigenvalue weighted by atomic mass is 79.9. The maximum absolute atomic E-state index is 6.21. The summed E-state index contributed by atoms with van der Waals surface area (Å²) in [4.78, 5) is 0. The number of halogens is 1. The standard InChI is InChI=1S/C38H75N2O4.BrH/c1-4-6-8-10-12-14-16-18-20-22-24-26-31-41-34-38(35-43-37-42-33-30-40-29-28-39(3)36-40)44-32-27-25-23-21-19-17-15-13-11-9-7-5-2;/h28-29,36,38H,4-27,30-35,37H2,1-3H3;1H/q+1;/p-1. The summed E-state index contributed by atoms with van der Waals surface area (Å²) in [5.74, 6) is 0. The molecular formula is C38H75BrN2O4. The van der Waals surface area contributed by atoms with Gasteiger partial charge in [0.05, 0.1) is 26.9 Å². The number of ether oxygens (including phenoxy) is 4. The van der Waals surface area contributed by atoms with Gasteiger partial charge >= 0.3 is 0 Å². The second-order valence-electron chi connectivity index (χ2n) is 13.1. The Labute approximate surface area is 290 Å². The van der Waals surface area contributed by atoms with Crippen molar-refractivity contribution in [2.24, 2.45) is 7.05 Å². The molecule has 0 saturated carbocycles. The molecule has 1 heterocycles. The van der Waals surface area contributed by atoms with Gasteiger partial charge in [-0.2, -0.15) is 0 Å². The Hall–Kier alpha value is -0.470. The first-order valence-electron chi connectivity index (χ1n) is 19.1. The third-order valence-corrected chi connectivity index (χ3v) is 8.59. The van der Waals surface area contributed by atoms with Crippen molar-refractivity contribution in [1.82, 2.24) is 4.57 Å². The quantitative estimate of drug-likeness (QED) is 0.0425. The van der Waals surface area contributed by atoms with Crippen LogP contribution in [0.4, 0.5) is 0 Å². The SMILES string of the molecule is CCCCCCCCCCCCCCOCC(COCOCCn1cc[n+](C)c1)OCCCCCCCCCCCCCC.[Br-]. The lowest BCUT2D eigenvalue weighted by atomic mass is 10.1. The van der Waals surface area contributed by atoms with E-state index in [9.17, 15) is 0 Å². The molecule has 1 rings (SSSR count). The lowest BCUT2D eigenvalue weighted by molar-refractivity contribution is -0.671. The molecule has 0 aliphatic heterocycles. The van der Waals surface area contributed by atoms with Crippen LogP contribution in [0.15, 0.2) is 18.7 Å². The van der Waals surface area contributed by atoms with Crippen LogP contribution in [0.2, 0.25) is 0 Å². The molecule has 45 heavy (non-hydrogen) atoms. The molecular weight excluding hydrogens is 628 g/mol. The van der Waals surface area contributed by atoms with Crippen LogP contribution in [0.1, 0.15) is 168 Å². The monoisotopic (exact) mass is 702 g/mol. The lowest BCUT2D eigenvalue weighted by Crippen LogP contribution is -3.00. The van der Waals surface area contributed by atoms with Crippen LogP contribution in [0.25, 0.3) is 0 Å². The summed E-state index contributed by atoms with van der Waals surface area (Å²) in [6.07, 6.45) is 38.8. The number of unbranched alkanes of at least 4 members (excludes halogenated alkanes) is 22. The van der Waals surface area contributed by atoms with Gasteiger partial charge in [-0.25, -0.2) is 9.13 Å². The predicted octanol–water partition coefficient (Wildman–Crippen LogP) is 7.11. The van der Waals surface area contributed by atoms with E-state index in [1.807, 2.05) is 17.8 Å². The van der Waals surface area contributed by atoms with E-state index in [2.05, 4.69) is 30.9 Å². The summed E-state index contributed by atoms with van der Waals surface area (Å²) < 4.78 is 27.9. The largest absolute Gasteiger partial charge is 1.00 e. The van der Waals surface area contributed by atoms with Crippen molar-refractivity contribution in [3.05, 3.63) is 18.7 Å². The van der Waals surface area contributed by atoms with Crippen LogP contribution < -0.4 is 21.5 Å². The normalized spacial score (nSPS) is 12.1. The first-order valence-corrected chi connectivity index (χ1v) is 19.1. The fraction of sp³-hybridized carbons (Fsp3) is 0.921. The molecule has 0 aliphatic rings. The second kappa shape index (κ2) is 36.4. The van der Waals surface area contributed by atoms with Crippen molar-refractivity contribution in [2.45, 2.75) is 181 Å². The first kappa shape index (κ1) is 44.5.